The molecule has 1 aliphatic rings. The molecule has 2 heterocycles. The second-order valence-corrected chi connectivity index (χ2v) is 7.39. The first-order valence-corrected chi connectivity index (χ1v) is 10.0. The first-order valence-electron chi connectivity index (χ1n) is 10.0. The van der Waals surface area contributed by atoms with Crippen LogP contribution in [0.25, 0.3) is 5.76 Å². The number of benzene rings is 2. The third-order valence-corrected chi connectivity index (χ3v) is 5.44. The Kier molecular flexibility index (Phi) is 5.62. The van der Waals surface area contributed by atoms with Gasteiger partial charge in [-0.3, -0.25) is 14.6 Å². The number of rotatable bonds is 5. The predicted octanol–water partition coefficient (Wildman–Crippen LogP) is 4.41. The normalized spacial score (nSPS) is 17.9. The monoisotopic (exact) mass is 416 g/mol. The first kappa shape index (κ1) is 20.5. The lowest BCUT2D eigenvalue weighted by atomic mass is 9.94. The van der Waals surface area contributed by atoms with Crippen molar-refractivity contribution < 1.29 is 19.1 Å². The number of aliphatic hydroxyl groups is 1. The third kappa shape index (κ3) is 3.97. The number of halogens is 1. The van der Waals surface area contributed by atoms with Crippen LogP contribution in [0.4, 0.5) is 4.39 Å². The Morgan fingerprint density at radius 1 is 1.03 bits per heavy atom. The Labute approximate surface area is 179 Å². The summed E-state index contributed by atoms with van der Waals surface area (Å²) >= 11 is 0. The van der Waals surface area contributed by atoms with E-state index in [0.717, 1.165) is 17.5 Å². The van der Waals surface area contributed by atoms with Gasteiger partial charge in [-0.15, -0.1) is 0 Å². The van der Waals surface area contributed by atoms with Gasteiger partial charge in [0.25, 0.3) is 11.7 Å². The molecular weight excluding hydrogens is 395 g/mol. The lowest BCUT2D eigenvalue weighted by Gasteiger charge is -2.25. The topological polar surface area (TPSA) is 70.5 Å². The molecule has 1 aliphatic heterocycles. The number of carbonyl (C=O) groups excluding carboxylic acids is 2. The third-order valence-electron chi connectivity index (χ3n) is 5.44. The molecule has 0 saturated carbocycles. The Balaban J connectivity index is 1.84. The van der Waals surface area contributed by atoms with Crippen LogP contribution in [-0.4, -0.2) is 26.7 Å². The fourth-order valence-corrected chi connectivity index (χ4v) is 3.78. The summed E-state index contributed by atoms with van der Waals surface area (Å²) in [5.74, 6) is -2.16. The highest BCUT2D eigenvalue weighted by molar-refractivity contribution is 6.46. The van der Waals surface area contributed by atoms with Gasteiger partial charge >= 0.3 is 0 Å². The van der Waals surface area contributed by atoms with E-state index in [4.69, 9.17) is 0 Å². The summed E-state index contributed by atoms with van der Waals surface area (Å²) in [6.07, 6.45) is 4.08. The molecule has 1 N–H and O–H groups in total. The van der Waals surface area contributed by atoms with Gasteiger partial charge in [0.2, 0.25) is 0 Å². The van der Waals surface area contributed by atoms with Gasteiger partial charge in [0.15, 0.2) is 0 Å². The molecule has 1 unspecified atom stereocenters. The van der Waals surface area contributed by atoms with E-state index in [9.17, 15) is 19.1 Å². The van der Waals surface area contributed by atoms with E-state index in [1.54, 1.807) is 36.7 Å². The SMILES string of the molecule is CCc1ccc(/C(O)=C2\C(=O)C(=O)N(Cc3cccnc3)C2c2ccc(F)cc2)cc1. The zero-order chi connectivity index (χ0) is 22.0. The molecule has 4 rings (SSSR count). The van der Waals surface area contributed by atoms with Crippen LogP contribution in [0.3, 0.4) is 0 Å². The summed E-state index contributed by atoms with van der Waals surface area (Å²) in [5, 5.41) is 11.0. The largest absolute Gasteiger partial charge is 0.507 e. The maximum atomic E-state index is 13.5. The van der Waals surface area contributed by atoms with Crippen molar-refractivity contribution in [2.24, 2.45) is 0 Å². The molecule has 3 aromatic rings. The standard InChI is InChI=1S/C25H21FN2O3/c1-2-16-5-7-19(8-6-16)23(29)21-22(18-9-11-20(26)12-10-18)28(25(31)24(21)30)15-17-4-3-13-27-14-17/h3-14,22,29H,2,15H2,1H3/b23-21+. The Morgan fingerprint density at radius 3 is 2.35 bits per heavy atom. The van der Waals surface area contributed by atoms with Crippen molar-refractivity contribution in [2.45, 2.75) is 25.9 Å². The second kappa shape index (κ2) is 8.52. The van der Waals surface area contributed by atoms with Gasteiger partial charge in [0, 0.05) is 24.5 Å². The van der Waals surface area contributed by atoms with Crippen LogP contribution in [0.15, 0.2) is 78.6 Å². The number of amides is 1. The molecule has 156 valence electrons. The summed E-state index contributed by atoms with van der Waals surface area (Å²) in [4.78, 5) is 31.4. The molecule has 1 amide bonds. The summed E-state index contributed by atoms with van der Waals surface area (Å²) in [7, 11) is 0. The Bertz CT molecular complexity index is 1140. The van der Waals surface area contributed by atoms with Crippen molar-refractivity contribution in [2.75, 3.05) is 0 Å². The number of Topliss-reactive ketones (excluding diaryl/α,β-unsaturated/α-hetero) is 1. The van der Waals surface area contributed by atoms with Gasteiger partial charge in [-0.05, 0) is 41.3 Å². The van der Waals surface area contributed by atoms with Crippen molar-refractivity contribution in [1.29, 1.82) is 0 Å². The number of nitrogens with zero attached hydrogens (tertiary/aromatic N) is 2. The second-order valence-electron chi connectivity index (χ2n) is 7.39. The van der Waals surface area contributed by atoms with Crippen LogP contribution in [0, 0.1) is 5.82 Å². The minimum atomic E-state index is -0.841. The van der Waals surface area contributed by atoms with Gasteiger partial charge in [0.05, 0.1) is 11.6 Å². The zero-order valence-electron chi connectivity index (χ0n) is 17.0. The van der Waals surface area contributed by atoms with Crippen molar-refractivity contribution >= 4 is 17.4 Å². The summed E-state index contributed by atoms with van der Waals surface area (Å²) < 4.78 is 13.5. The molecule has 31 heavy (non-hydrogen) atoms. The van der Waals surface area contributed by atoms with Gasteiger partial charge in [0.1, 0.15) is 11.6 Å². The quantitative estimate of drug-likeness (QED) is 0.380. The zero-order valence-corrected chi connectivity index (χ0v) is 17.0. The average Bonchev–Trinajstić information content (AvgIpc) is 3.05. The minimum Gasteiger partial charge on any atom is -0.507 e. The van der Waals surface area contributed by atoms with Gasteiger partial charge in [-0.1, -0.05) is 49.4 Å². The smallest absolute Gasteiger partial charge is 0.295 e. The van der Waals surface area contributed by atoms with Crippen LogP contribution in [-0.2, 0) is 22.6 Å². The molecule has 1 atom stereocenters. The van der Waals surface area contributed by atoms with E-state index < -0.39 is 23.5 Å². The minimum absolute atomic E-state index is 0.00949. The fourth-order valence-electron chi connectivity index (χ4n) is 3.78. The van der Waals surface area contributed by atoms with Crippen LogP contribution in [0.2, 0.25) is 0 Å². The van der Waals surface area contributed by atoms with E-state index in [0.29, 0.717) is 11.1 Å². The van der Waals surface area contributed by atoms with Crippen LogP contribution >= 0.6 is 0 Å². The molecule has 5 nitrogen and oxygen atoms in total. The number of hydrogen-bond acceptors (Lipinski definition) is 4. The van der Waals surface area contributed by atoms with Crippen molar-refractivity contribution in [3.05, 3.63) is 107 Å². The predicted molar refractivity (Wildman–Crippen MR) is 114 cm³/mol. The van der Waals surface area contributed by atoms with Crippen molar-refractivity contribution in [3.8, 4) is 0 Å². The van der Waals surface area contributed by atoms with Crippen LogP contribution in [0.1, 0.15) is 35.2 Å². The maximum absolute atomic E-state index is 13.5. The molecule has 6 heteroatoms. The lowest BCUT2D eigenvalue weighted by Crippen LogP contribution is -2.29. The van der Waals surface area contributed by atoms with Gasteiger partial charge in [-0.2, -0.15) is 0 Å². The summed E-state index contributed by atoms with van der Waals surface area (Å²) in [5.41, 5.74) is 2.80. The van der Waals surface area contributed by atoms with Crippen LogP contribution in [0.5, 0.6) is 0 Å². The average molecular weight is 416 g/mol. The Hall–Kier alpha value is -3.80. The molecular formula is C25H21FN2O3. The van der Waals surface area contributed by atoms with Gasteiger partial charge < -0.3 is 10.0 Å². The number of hydrogen-bond donors (Lipinski definition) is 1. The molecule has 1 aromatic heterocycles. The van der Waals surface area contributed by atoms with E-state index in [-0.39, 0.29) is 17.9 Å². The number of aromatic nitrogens is 1. The molecule has 0 spiro atoms. The van der Waals surface area contributed by atoms with E-state index in [1.165, 1.54) is 29.2 Å². The first-order chi connectivity index (χ1) is 15.0. The highest BCUT2D eigenvalue weighted by Crippen LogP contribution is 2.40. The molecule has 1 saturated heterocycles. The number of ketones is 1. The van der Waals surface area contributed by atoms with Crippen molar-refractivity contribution in [1.82, 2.24) is 9.88 Å². The molecule has 0 aliphatic carbocycles. The lowest BCUT2D eigenvalue weighted by molar-refractivity contribution is -0.140. The summed E-state index contributed by atoms with van der Waals surface area (Å²) in [6, 6.07) is 15.5. The number of likely N-dealkylation sites (tertiary alicyclic amines) is 1. The highest BCUT2D eigenvalue weighted by atomic mass is 19.1. The number of carbonyl (C=O) groups is 2. The number of aliphatic hydroxyl groups excluding tert-OH is 1. The van der Waals surface area contributed by atoms with E-state index >= 15 is 0 Å². The number of aryl methyl sites for hydroxylation is 1. The molecule has 2 aromatic carbocycles. The fraction of sp³-hybridized carbons (Fsp3) is 0.160. The molecule has 0 radical (unpaired) electrons. The number of pyridine rings is 1. The van der Waals surface area contributed by atoms with Crippen molar-refractivity contribution in [3.63, 3.8) is 0 Å². The van der Waals surface area contributed by atoms with Crippen LogP contribution < -0.4 is 0 Å². The Morgan fingerprint density at radius 2 is 1.74 bits per heavy atom. The van der Waals surface area contributed by atoms with E-state index in [1.807, 2.05) is 19.1 Å². The highest BCUT2D eigenvalue weighted by Gasteiger charge is 2.46. The van der Waals surface area contributed by atoms with E-state index in [2.05, 4.69) is 4.98 Å². The molecule has 0 bridgehead atoms. The summed E-state index contributed by atoms with van der Waals surface area (Å²) in [6.45, 7) is 2.15. The maximum Gasteiger partial charge on any atom is 0.295 e. The molecule has 1 fully saturated rings. The van der Waals surface area contributed by atoms with Gasteiger partial charge in [-0.25, -0.2) is 4.39 Å².